The van der Waals surface area contributed by atoms with Crippen LogP contribution in [0.5, 0.6) is 5.75 Å². The van der Waals surface area contributed by atoms with Crippen LogP contribution in [0.2, 0.25) is 0 Å². The van der Waals surface area contributed by atoms with Gasteiger partial charge in [0.05, 0.1) is 18.3 Å². The summed E-state index contributed by atoms with van der Waals surface area (Å²) in [6.07, 6.45) is 3.74. The van der Waals surface area contributed by atoms with E-state index in [0.717, 1.165) is 64.8 Å². The summed E-state index contributed by atoms with van der Waals surface area (Å²) < 4.78 is 30.8. The van der Waals surface area contributed by atoms with E-state index in [4.69, 9.17) is 4.74 Å². The standard InChI is InChI=1S/C27H28N2O4S.2H2/c1-18-3-9-23(16-24(18)20-6-4-19(5-7-20)17-28-34(2,31)32)29-26(30)27(12-13-27)22-8-10-25-21(15-22)11-14-33-25;;/h3-10,15-16,28H,11-14,17H2,1-2H3,(H,29,30);2*1H. The molecule has 180 valence electrons. The number of fused-ring (bicyclic) bond motifs is 1. The Balaban J connectivity index is 0.00000180. The number of hydrogen-bond acceptors (Lipinski definition) is 4. The first-order valence-electron chi connectivity index (χ1n) is 11.5. The molecule has 6 nitrogen and oxygen atoms in total. The lowest BCUT2D eigenvalue weighted by Gasteiger charge is -2.18. The molecule has 3 aromatic carbocycles. The highest BCUT2D eigenvalue weighted by Gasteiger charge is 2.51. The van der Waals surface area contributed by atoms with E-state index in [1.807, 2.05) is 61.5 Å². The maximum absolute atomic E-state index is 13.3. The number of carbonyl (C=O) groups is 1. The third-order valence-corrected chi connectivity index (χ3v) is 7.39. The smallest absolute Gasteiger partial charge is 0.235 e. The molecular weight excluding hydrogens is 448 g/mol. The molecule has 0 saturated heterocycles. The van der Waals surface area contributed by atoms with Crippen LogP contribution in [0.4, 0.5) is 5.69 Å². The molecule has 1 aliphatic carbocycles. The van der Waals surface area contributed by atoms with Crippen molar-refractivity contribution in [2.45, 2.75) is 38.1 Å². The minimum Gasteiger partial charge on any atom is -0.493 e. The largest absolute Gasteiger partial charge is 0.493 e. The van der Waals surface area contributed by atoms with Gasteiger partial charge in [-0.3, -0.25) is 4.79 Å². The molecule has 5 rings (SSSR count). The minimum atomic E-state index is -3.24. The summed E-state index contributed by atoms with van der Waals surface area (Å²) in [6, 6.07) is 19.9. The van der Waals surface area contributed by atoms with Crippen molar-refractivity contribution >= 4 is 21.6 Å². The van der Waals surface area contributed by atoms with E-state index in [1.165, 1.54) is 5.56 Å². The highest BCUT2D eigenvalue weighted by atomic mass is 32.2. The van der Waals surface area contributed by atoms with Gasteiger partial charge < -0.3 is 10.1 Å². The summed E-state index contributed by atoms with van der Waals surface area (Å²) in [5, 5.41) is 3.15. The molecule has 2 aliphatic rings. The van der Waals surface area contributed by atoms with Gasteiger partial charge in [0.15, 0.2) is 0 Å². The van der Waals surface area contributed by atoms with Crippen molar-refractivity contribution in [3.8, 4) is 16.9 Å². The first-order valence-corrected chi connectivity index (χ1v) is 13.3. The number of aryl methyl sites for hydroxylation is 1. The molecule has 0 unspecified atom stereocenters. The van der Waals surface area contributed by atoms with Gasteiger partial charge in [-0.25, -0.2) is 13.1 Å². The Morgan fingerprint density at radius 1 is 1.06 bits per heavy atom. The Kier molecular flexibility index (Phi) is 5.70. The highest BCUT2D eigenvalue weighted by Crippen LogP contribution is 2.50. The van der Waals surface area contributed by atoms with Crippen LogP contribution in [0.15, 0.2) is 60.7 Å². The van der Waals surface area contributed by atoms with Crippen LogP contribution in [0, 0.1) is 6.92 Å². The number of rotatable bonds is 7. The molecule has 0 radical (unpaired) electrons. The Bertz CT molecular complexity index is 1370. The van der Waals surface area contributed by atoms with Crippen LogP contribution >= 0.6 is 0 Å². The van der Waals surface area contributed by atoms with Crippen LogP contribution in [-0.4, -0.2) is 27.2 Å². The Hall–Kier alpha value is -3.16. The number of hydrogen-bond donors (Lipinski definition) is 2. The van der Waals surface area contributed by atoms with Gasteiger partial charge in [0.25, 0.3) is 0 Å². The maximum Gasteiger partial charge on any atom is 0.235 e. The molecule has 2 N–H and O–H groups in total. The fourth-order valence-electron chi connectivity index (χ4n) is 4.53. The van der Waals surface area contributed by atoms with E-state index >= 15 is 0 Å². The number of carbonyl (C=O) groups excluding carboxylic acids is 1. The Morgan fingerprint density at radius 2 is 1.82 bits per heavy atom. The normalized spacial score (nSPS) is 15.9. The van der Waals surface area contributed by atoms with Gasteiger partial charge in [0, 0.05) is 21.5 Å². The number of benzene rings is 3. The zero-order valence-corrected chi connectivity index (χ0v) is 20.2. The number of anilines is 1. The van der Waals surface area contributed by atoms with E-state index in [-0.39, 0.29) is 15.3 Å². The molecule has 1 saturated carbocycles. The lowest BCUT2D eigenvalue weighted by atomic mass is 9.92. The molecule has 1 fully saturated rings. The molecule has 1 amide bonds. The maximum atomic E-state index is 13.3. The molecule has 0 aromatic heterocycles. The summed E-state index contributed by atoms with van der Waals surface area (Å²) in [6.45, 7) is 3.00. The molecular formula is C27H32N2O4S. The summed E-state index contributed by atoms with van der Waals surface area (Å²) in [5.74, 6) is 0.963. The topological polar surface area (TPSA) is 84.5 Å². The monoisotopic (exact) mass is 480 g/mol. The van der Waals surface area contributed by atoms with Crippen molar-refractivity contribution < 1.29 is 20.8 Å². The summed E-state index contributed by atoms with van der Waals surface area (Å²) in [5.41, 5.74) is 6.58. The van der Waals surface area contributed by atoms with E-state index < -0.39 is 15.4 Å². The second-order valence-corrected chi connectivity index (χ2v) is 11.1. The average Bonchev–Trinajstić information content (AvgIpc) is 3.50. The summed E-state index contributed by atoms with van der Waals surface area (Å²) >= 11 is 0. The molecule has 7 heteroatoms. The van der Waals surface area contributed by atoms with Crippen molar-refractivity contribution in [1.82, 2.24) is 4.72 Å². The van der Waals surface area contributed by atoms with Crippen LogP contribution in [-0.2, 0) is 33.2 Å². The Morgan fingerprint density at radius 3 is 2.53 bits per heavy atom. The minimum absolute atomic E-state index is 0. The van der Waals surface area contributed by atoms with Gasteiger partial charge >= 0.3 is 0 Å². The molecule has 0 atom stereocenters. The van der Waals surface area contributed by atoms with Crippen molar-refractivity contribution in [2.24, 2.45) is 0 Å². The predicted molar refractivity (Wildman–Crippen MR) is 138 cm³/mol. The number of sulfonamides is 1. The molecule has 0 bridgehead atoms. The predicted octanol–water partition coefficient (Wildman–Crippen LogP) is 4.81. The summed E-state index contributed by atoms with van der Waals surface area (Å²) in [4.78, 5) is 13.3. The summed E-state index contributed by atoms with van der Waals surface area (Å²) in [7, 11) is -3.24. The molecule has 3 aromatic rings. The van der Waals surface area contributed by atoms with Gasteiger partial charge in [-0.05, 0) is 71.3 Å². The second-order valence-electron chi connectivity index (χ2n) is 9.28. The van der Waals surface area contributed by atoms with Gasteiger partial charge in [-0.15, -0.1) is 0 Å². The van der Waals surface area contributed by atoms with Gasteiger partial charge in [-0.2, -0.15) is 0 Å². The van der Waals surface area contributed by atoms with Crippen LogP contribution in [0.3, 0.4) is 0 Å². The molecule has 1 aliphatic heterocycles. The first kappa shape index (κ1) is 22.6. The van der Waals surface area contributed by atoms with Crippen molar-refractivity contribution in [2.75, 3.05) is 18.2 Å². The van der Waals surface area contributed by atoms with Gasteiger partial charge in [0.2, 0.25) is 15.9 Å². The quantitative estimate of drug-likeness (QED) is 0.508. The van der Waals surface area contributed by atoms with E-state index in [9.17, 15) is 13.2 Å². The first-order chi connectivity index (χ1) is 16.2. The van der Waals surface area contributed by atoms with E-state index in [2.05, 4.69) is 16.1 Å². The second kappa shape index (κ2) is 8.56. The molecule has 34 heavy (non-hydrogen) atoms. The zero-order valence-electron chi connectivity index (χ0n) is 19.4. The van der Waals surface area contributed by atoms with Crippen molar-refractivity contribution in [1.29, 1.82) is 0 Å². The fourth-order valence-corrected chi connectivity index (χ4v) is 4.96. The third kappa shape index (κ3) is 4.58. The van der Waals surface area contributed by atoms with Crippen molar-refractivity contribution in [3.05, 3.63) is 82.9 Å². The zero-order chi connectivity index (χ0) is 23.9. The average molecular weight is 481 g/mol. The van der Waals surface area contributed by atoms with Crippen LogP contribution in [0.1, 0.15) is 37.9 Å². The molecule has 1 heterocycles. The van der Waals surface area contributed by atoms with Crippen LogP contribution < -0.4 is 14.8 Å². The number of ether oxygens (including phenoxy) is 1. The van der Waals surface area contributed by atoms with E-state index in [0.29, 0.717) is 6.61 Å². The van der Waals surface area contributed by atoms with Crippen molar-refractivity contribution in [3.63, 3.8) is 0 Å². The fraction of sp³-hybridized carbons (Fsp3) is 0.296. The third-order valence-electron chi connectivity index (χ3n) is 6.73. The SMILES string of the molecule is Cc1ccc(NC(=O)C2(c3ccc4c(c3)CCO4)CC2)cc1-c1ccc(CNS(C)(=O)=O)cc1.[HH].[HH]. The number of amides is 1. The number of nitrogens with one attached hydrogen (secondary N) is 2. The lowest BCUT2D eigenvalue weighted by molar-refractivity contribution is -0.118. The molecule has 0 spiro atoms. The van der Waals surface area contributed by atoms with Gasteiger partial charge in [-0.1, -0.05) is 42.5 Å². The Labute approximate surface area is 203 Å². The van der Waals surface area contributed by atoms with Crippen LogP contribution in [0.25, 0.3) is 11.1 Å². The van der Waals surface area contributed by atoms with Gasteiger partial charge in [0.1, 0.15) is 5.75 Å². The lowest BCUT2D eigenvalue weighted by Crippen LogP contribution is -2.27. The van der Waals surface area contributed by atoms with E-state index in [1.54, 1.807) is 0 Å². The highest BCUT2D eigenvalue weighted by molar-refractivity contribution is 7.88.